The second kappa shape index (κ2) is 16.5. The quantitative estimate of drug-likeness (QED) is 0.148. The lowest BCUT2D eigenvalue weighted by Crippen LogP contribution is -2.09. The first-order valence-electron chi connectivity index (χ1n) is 23.4. The standard InChI is InChI=1S/C66H44N2/c1-3-12-45(13-4-1)47-22-26-49(27-23-47)51-30-37-55(38-31-51)67(56-39-32-52(33-40-56)50-28-24-48(25-29-50)46-14-5-2-6-15-46)57-41-34-53(35-42-57)54-36-43-65-63(44-54)59-17-8-7-16-58(59)61-19-11-20-62-60-18-9-10-21-64(60)68(65)66(61)62/h1-44H. The molecule has 1 aliphatic heterocycles. The summed E-state index contributed by atoms with van der Waals surface area (Å²) < 4.78 is 2.48. The molecule has 318 valence electrons. The SMILES string of the molecule is c1ccc(-c2ccc(-c3ccc(N(c4ccc(-c5ccc(-c6ccccc6)cc5)cc4)c4ccc(-c5ccc6c(c5)-c5ccccc5-c5cccc7c8ccccc8n-6c57)cc4)cc3)cc2)cc1. The molecule has 0 aliphatic carbocycles. The van der Waals surface area contributed by atoms with Gasteiger partial charge >= 0.3 is 0 Å². The van der Waals surface area contributed by atoms with Crippen molar-refractivity contribution >= 4 is 38.9 Å². The molecule has 68 heavy (non-hydrogen) atoms. The van der Waals surface area contributed by atoms with Crippen molar-refractivity contribution < 1.29 is 0 Å². The van der Waals surface area contributed by atoms with E-state index >= 15 is 0 Å². The van der Waals surface area contributed by atoms with Gasteiger partial charge in [0, 0.05) is 39.0 Å². The van der Waals surface area contributed by atoms with Crippen molar-refractivity contribution in [3.8, 4) is 83.6 Å². The third-order valence-electron chi connectivity index (χ3n) is 13.8. The lowest BCUT2D eigenvalue weighted by Gasteiger charge is -2.26. The number of hydrogen-bond donors (Lipinski definition) is 0. The summed E-state index contributed by atoms with van der Waals surface area (Å²) >= 11 is 0. The Morgan fingerprint density at radius 1 is 0.235 bits per heavy atom. The van der Waals surface area contributed by atoms with Gasteiger partial charge in [-0.05, 0) is 121 Å². The minimum Gasteiger partial charge on any atom is -0.311 e. The highest BCUT2D eigenvalue weighted by molar-refractivity contribution is 6.16. The van der Waals surface area contributed by atoms with Gasteiger partial charge in [0.1, 0.15) is 0 Å². The van der Waals surface area contributed by atoms with E-state index in [4.69, 9.17) is 0 Å². The predicted molar refractivity (Wildman–Crippen MR) is 287 cm³/mol. The topological polar surface area (TPSA) is 8.17 Å². The van der Waals surface area contributed by atoms with Crippen LogP contribution in [0.15, 0.2) is 267 Å². The summed E-state index contributed by atoms with van der Waals surface area (Å²) in [6.07, 6.45) is 0. The van der Waals surface area contributed by atoms with Crippen molar-refractivity contribution in [3.05, 3.63) is 267 Å². The molecule has 0 unspecified atom stereocenters. The zero-order chi connectivity index (χ0) is 45.0. The molecule has 2 heteroatoms. The van der Waals surface area contributed by atoms with Gasteiger partial charge in [-0.2, -0.15) is 0 Å². The van der Waals surface area contributed by atoms with Gasteiger partial charge in [0.05, 0.1) is 16.7 Å². The van der Waals surface area contributed by atoms with Crippen LogP contribution in [0.5, 0.6) is 0 Å². The Hall–Kier alpha value is -8.98. The lowest BCUT2D eigenvalue weighted by molar-refractivity contribution is 1.19. The molecule has 1 aliphatic rings. The molecule has 0 spiro atoms. The van der Waals surface area contributed by atoms with Crippen LogP contribution in [0, 0.1) is 0 Å². The normalized spacial score (nSPS) is 11.5. The minimum atomic E-state index is 1.09. The van der Waals surface area contributed by atoms with Gasteiger partial charge in [-0.3, -0.25) is 0 Å². The number of rotatable bonds is 8. The first kappa shape index (κ1) is 39.4. The van der Waals surface area contributed by atoms with E-state index in [2.05, 4.69) is 276 Å². The Morgan fingerprint density at radius 3 is 1.09 bits per heavy atom. The average molecular weight is 865 g/mol. The third kappa shape index (κ3) is 6.82. The number of anilines is 3. The monoisotopic (exact) mass is 864 g/mol. The number of hydrogen-bond acceptors (Lipinski definition) is 1. The van der Waals surface area contributed by atoms with E-state index in [1.54, 1.807) is 0 Å². The summed E-state index contributed by atoms with van der Waals surface area (Å²) in [5, 5.41) is 2.56. The number of benzene rings is 11. The van der Waals surface area contributed by atoms with Crippen LogP contribution in [0.25, 0.3) is 105 Å². The summed E-state index contributed by atoms with van der Waals surface area (Å²) in [4.78, 5) is 2.36. The fraction of sp³-hybridized carbons (Fsp3) is 0. The van der Waals surface area contributed by atoms with Crippen LogP contribution in [0.2, 0.25) is 0 Å². The lowest BCUT2D eigenvalue weighted by atomic mass is 9.92. The molecule has 12 aromatic rings. The van der Waals surface area contributed by atoms with Gasteiger partial charge in [-0.1, -0.05) is 212 Å². The summed E-state index contributed by atoms with van der Waals surface area (Å²) in [6, 6.07) is 97.3. The van der Waals surface area contributed by atoms with E-state index in [1.165, 1.54) is 105 Å². The molecule has 2 nitrogen and oxygen atoms in total. The second-order valence-corrected chi connectivity index (χ2v) is 17.7. The molecular weight excluding hydrogens is 821 g/mol. The number of nitrogens with zero attached hydrogens (tertiary/aromatic N) is 2. The number of fused-ring (bicyclic) bond motifs is 8. The number of aromatic nitrogens is 1. The van der Waals surface area contributed by atoms with Crippen molar-refractivity contribution in [3.63, 3.8) is 0 Å². The summed E-state index contributed by atoms with van der Waals surface area (Å²) in [7, 11) is 0. The average Bonchev–Trinajstić information content (AvgIpc) is 3.70. The number of para-hydroxylation sites is 2. The molecule has 2 heterocycles. The van der Waals surface area contributed by atoms with Gasteiger partial charge in [0.15, 0.2) is 0 Å². The minimum absolute atomic E-state index is 1.09. The van der Waals surface area contributed by atoms with Crippen LogP contribution < -0.4 is 4.90 Å². The van der Waals surface area contributed by atoms with E-state index in [-0.39, 0.29) is 0 Å². The van der Waals surface area contributed by atoms with E-state index in [1.807, 2.05) is 0 Å². The maximum Gasteiger partial charge on any atom is 0.0619 e. The van der Waals surface area contributed by atoms with Crippen molar-refractivity contribution in [1.29, 1.82) is 0 Å². The molecule has 0 fully saturated rings. The molecule has 11 aromatic carbocycles. The van der Waals surface area contributed by atoms with Gasteiger partial charge in [-0.25, -0.2) is 0 Å². The van der Waals surface area contributed by atoms with Gasteiger partial charge in [-0.15, -0.1) is 0 Å². The summed E-state index contributed by atoms with van der Waals surface area (Å²) in [6.45, 7) is 0. The Labute approximate surface area is 396 Å². The maximum atomic E-state index is 2.48. The predicted octanol–water partition coefficient (Wildman–Crippen LogP) is 18.2. The third-order valence-corrected chi connectivity index (χ3v) is 13.8. The first-order valence-corrected chi connectivity index (χ1v) is 23.4. The van der Waals surface area contributed by atoms with Gasteiger partial charge < -0.3 is 9.47 Å². The van der Waals surface area contributed by atoms with Crippen LogP contribution in [0.3, 0.4) is 0 Å². The van der Waals surface area contributed by atoms with Gasteiger partial charge in [0.2, 0.25) is 0 Å². The van der Waals surface area contributed by atoms with Crippen LogP contribution in [-0.2, 0) is 0 Å². The zero-order valence-electron chi connectivity index (χ0n) is 37.3. The first-order chi connectivity index (χ1) is 33.7. The smallest absolute Gasteiger partial charge is 0.0619 e. The zero-order valence-corrected chi connectivity index (χ0v) is 37.3. The largest absolute Gasteiger partial charge is 0.311 e. The van der Waals surface area contributed by atoms with Crippen LogP contribution in [0.1, 0.15) is 0 Å². The molecule has 0 N–H and O–H groups in total. The Kier molecular flexibility index (Phi) is 9.54. The molecular formula is C66H44N2. The highest BCUT2D eigenvalue weighted by Gasteiger charge is 2.24. The molecule has 0 amide bonds. The van der Waals surface area contributed by atoms with Crippen LogP contribution in [-0.4, -0.2) is 4.57 Å². The Balaban J connectivity index is 0.867. The maximum absolute atomic E-state index is 2.48. The molecule has 0 saturated heterocycles. The van der Waals surface area contributed by atoms with Crippen LogP contribution in [0.4, 0.5) is 17.1 Å². The van der Waals surface area contributed by atoms with E-state index in [9.17, 15) is 0 Å². The summed E-state index contributed by atoms with van der Waals surface area (Å²) in [5.41, 5.74) is 23.9. The summed E-state index contributed by atoms with van der Waals surface area (Å²) in [5.74, 6) is 0. The second-order valence-electron chi connectivity index (χ2n) is 17.7. The van der Waals surface area contributed by atoms with Crippen molar-refractivity contribution in [1.82, 2.24) is 4.57 Å². The van der Waals surface area contributed by atoms with Gasteiger partial charge in [0.25, 0.3) is 0 Å². The van der Waals surface area contributed by atoms with E-state index < -0.39 is 0 Å². The molecule has 0 bridgehead atoms. The molecule has 0 atom stereocenters. The molecule has 0 radical (unpaired) electrons. The highest BCUT2D eigenvalue weighted by Crippen LogP contribution is 2.48. The van der Waals surface area contributed by atoms with Crippen molar-refractivity contribution in [2.45, 2.75) is 0 Å². The Bertz CT molecular complexity index is 3650. The molecule has 1 aromatic heterocycles. The van der Waals surface area contributed by atoms with Crippen molar-refractivity contribution in [2.75, 3.05) is 4.90 Å². The highest BCUT2D eigenvalue weighted by atomic mass is 15.1. The molecule has 0 saturated carbocycles. The molecule has 13 rings (SSSR count). The van der Waals surface area contributed by atoms with E-state index in [0.29, 0.717) is 0 Å². The fourth-order valence-corrected chi connectivity index (χ4v) is 10.4. The van der Waals surface area contributed by atoms with E-state index in [0.717, 1.165) is 17.1 Å². The fourth-order valence-electron chi connectivity index (χ4n) is 10.4. The van der Waals surface area contributed by atoms with Crippen molar-refractivity contribution in [2.24, 2.45) is 0 Å². The van der Waals surface area contributed by atoms with Crippen LogP contribution >= 0.6 is 0 Å². The Morgan fingerprint density at radius 2 is 0.588 bits per heavy atom.